The number of carbonyl (C=O) groups excluding carboxylic acids is 1. The van der Waals surface area contributed by atoms with Gasteiger partial charge in [0.2, 0.25) is 5.91 Å². The van der Waals surface area contributed by atoms with Gasteiger partial charge in [-0.3, -0.25) is 4.79 Å². The van der Waals surface area contributed by atoms with E-state index in [1.165, 1.54) is 0 Å². The highest BCUT2D eigenvalue weighted by molar-refractivity contribution is 7.99. The lowest BCUT2D eigenvalue weighted by Gasteiger charge is -2.26. The summed E-state index contributed by atoms with van der Waals surface area (Å²) in [6, 6.07) is 8.56. The van der Waals surface area contributed by atoms with Gasteiger partial charge in [0.15, 0.2) is 0 Å². The number of hydrogen-bond donors (Lipinski definition) is 2. The Bertz CT molecular complexity index is 442. The predicted molar refractivity (Wildman–Crippen MR) is 86.7 cm³/mol. The number of hydrogen-bond acceptors (Lipinski definition) is 4. The molecule has 0 bridgehead atoms. The first-order chi connectivity index (χ1) is 10.2. The number of benzene rings is 1. The Morgan fingerprint density at radius 1 is 1.29 bits per heavy atom. The van der Waals surface area contributed by atoms with Crippen LogP contribution in [0.15, 0.2) is 29.2 Å². The fourth-order valence-electron chi connectivity index (χ4n) is 2.50. The minimum Gasteiger partial charge on any atom is -0.497 e. The number of ether oxygens (including phenoxy) is 1. The first-order valence-corrected chi connectivity index (χ1v) is 8.47. The van der Waals surface area contributed by atoms with E-state index in [9.17, 15) is 4.79 Å². The van der Waals surface area contributed by atoms with E-state index in [2.05, 4.69) is 5.32 Å². The Morgan fingerprint density at radius 2 is 1.95 bits per heavy atom. The number of rotatable bonds is 6. The summed E-state index contributed by atoms with van der Waals surface area (Å²) >= 11 is 1.69. The molecule has 21 heavy (non-hydrogen) atoms. The van der Waals surface area contributed by atoms with Gasteiger partial charge < -0.3 is 15.8 Å². The van der Waals surface area contributed by atoms with Gasteiger partial charge in [-0.05, 0) is 49.9 Å². The zero-order valence-corrected chi connectivity index (χ0v) is 13.3. The number of amides is 1. The largest absolute Gasteiger partial charge is 0.497 e. The number of carbonyl (C=O) groups is 1. The van der Waals surface area contributed by atoms with Crippen molar-refractivity contribution in [3.8, 4) is 5.75 Å². The van der Waals surface area contributed by atoms with Crippen molar-refractivity contribution < 1.29 is 9.53 Å². The van der Waals surface area contributed by atoms with Crippen LogP contribution in [0.4, 0.5) is 0 Å². The third-order valence-electron chi connectivity index (χ3n) is 3.79. The Morgan fingerprint density at radius 3 is 2.57 bits per heavy atom. The van der Waals surface area contributed by atoms with Gasteiger partial charge in [0.25, 0.3) is 0 Å². The van der Waals surface area contributed by atoms with Crippen LogP contribution in [0.1, 0.15) is 32.1 Å². The molecule has 1 aromatic carbocycles. The Kier molecular flexibility index (Phi) is 6.39. The van der Waals surface area contributed by atoms with Crippen molar-refractivity contribution >= 4 is 17.7 Å². The number of nitrogens with two attached hydrogens (primary N) is 1. The lowest BCUT2D eigenvalue weighted by atomic mass is 9.92. The average molecular weight is 308 g/mol. The van der Waals surface area contributed by atoms with E-state index in [0.717, 1.165) is 42.1 Å². The molecule has 0 saturated heterocycles. The normalized spacial score (nSPS) is 21.8. The summed E-state index contributed by atoms with van der Waals surface area (Å²) in [5.41, 5.74) is 5.87. The second-order valence-electron chi connectivity index (χ2n) is 5.45. The summed E-state index contributed by atoms with van der Waals surface area (Å²) < 4.78 is 5.12. The van der Waals surface area contributed by atoms with Crippen molar-refractivity contribution in [3.63, 3.8) is 0 Å². The summed E-state index contributed by atoms with van der Waals surface area (Å²) in [5.74, 6) is 1.80. The van der Waals surface area contributed by atoms with Crippen molar-refractivity contribution in [2.75, 3.05) is 12.9 Å². The van der Waals surface area contributed by atoms with Crippen LogP contribution in [0.5, 0.6) is 5.75 Å². The molecule has 0 aliphatic heterocycles. The molecule has 2 rings (SSSR count). The average Bonchev–Trinajstić information content (AvgIpc) is 2.50. The fraction of sp³-hybridized carbons (Fsp3) is 0.562. The topological polar surface area (TPSA) is 64.3 Å². The number of nitrogens with one attached hydrogen (secondary N) is 1. The quantitative estimate of drug-likeness (QED) is 0.793. The number of methoxy groups -OCH3 is 1. The minimum atomic E-state index is 0.150. The molecule has 3 N–H and O–H groups in total. The van der Waals surface area contributed by atoms with Gasteiger partial charge in [-0.2, -0.15) is 0 Å². The molecule has 0 spiro atoms. The van der Waals surface area contributed by atoms with Gasteiger partial charge in [-0.25, -0.2) is 0 Å². The van der Waals surface area contributed by atoms with E-state index in [1.807, 2.05) is 24.3 Å². The molecule has 1 amide bonds. The van der Waals surface area contributed by atoms with Crippen molar-refractivity contribution in [1.82, 2.24) is 5.32 Å². The molecule has 1 fully saturated rings. The Hall–Kier alpha value is -1.20. The molecule has 1 aliphatic rings. The van der Waals surface area contributed by atoms with E-state index in [0.29, 0.717) is 18.5 Å². The van der Waals surface area contributed by atoms with Gasteiger partial charge in [-0.15, -0.1) is 11.8 Å². The molecule has 4 nitrogen and oxygen atoms in total. The standard InChI is InChI=1S/C16H24N2O2S/c1-20-14-6-8-15(9-7-14)21-11-10-16(19)18-13-4-2-12(17)3-5-13/h6-9,12-13H,2-5,10-11,17H2,1H3,(H,18,19). The maximum absolute atomic E-state index is 11.9. The summed E-state index contributed by atoms with van der Waals surface area (Å²) in [4.78, 5) is 13.1. The molecule has 0 aromatic heterocycles. The van der Waals surface area contributed by atoms with Gasteiger partial charge in [0.05, 0.1) is 7.11 Å². The molecule has 0 atom stereocenters. The predicted octanol–water partition coefficient (Wildman–Crippen LogP) is 2.56. The van der Waals surface area contributed by atoms with Gasteiger partial charge in [-0.1, -0.05) is 0 Å². The van der Waals surface area contributed by atoms with E-state index in [1.54, 1.807) is 18.9 Å². The summed E-state index contributed by atoms with van der Waals surface area (Å²) in [7, 11) is 1.66. The first kappa shape index (κ1) is 16.2. The van der Waals surface area contributed by atoms with Crippen LogP contribution in [0.25, 0.3) is 0 Å². The highest BCUT2D eigenvalue weighted by Gasteiger charge is 2.19. The van der Waals surface area contributed by atoms with Crippen LogP contribution in [0.2, 0.25) is 0 Å². The molecule has 1 saturated carbocycles. The Labute approximate surface area is 130 Å². The molecule has 116 valence electrons. The minimum absolute atomic E-state index is 0.150. The maximum Gasteiger partial charge on any atom is 0.221 e. The lowest BCUT2D eigenvalue weighted by molar-refractivity contribution is -0.121. The molecule has 0 unspecified atom stereocenters. The maximum atomic E-state index is 11.9. The fourth-order valence-corrected chi connectivity index (χ4v) is 3.35. The molecular formula is C16H24N2O2S. The van der Waals surface area contributed by atoms with Crippen LogP contribution in [-0.4, -0.2) is 30.9 Å². The number of thioether (sulfide) groups is 1. The van der Waals surface area contributed by atoms with Gasteiger partial charge in [0, 0.05) is 29.2 Å². The van der Waals surface area contributed by atoms with Crippen LogP contribution in [0.3, 0.4) is 0 Å². The lowest BCUT2D eigenvalue weighted by Crippen LogP contribution is -2.40. The molecular weight excluding hydrogens is 284 g/mol. The highest BCUT2D eigenvalue weighted by Crippen LogP contribution is 2.22. The highest BCUT2D eigenvalue weighted by atomic mass is 32.2. The second-order valence-corrected chi connectivity index (χ2v) is 6.62. The third-order valence-corrected chi connectivity index (χ3v) is 4.81. The van der Waals surface area contributed by atoms with Crippen molar-refractivity contribution in [2.24, 2.45) is 5.73 Å². The molecule has 0 radical (unpaired) electrons. The van der Waals surface area contributed by atoms with E-state index in [-0.39, 0.29) is 5.91 Å². The van der Waals surface area contributed by atoms with E-state index < -0.39 is 0 Å². The van der Waals surface area contributed by atoms with Crippen LogP contribution in [0, 0.1) is 0 Å². The molecule has 5 heteroatoms. The first-order valence-electron chi connectivity index (χ1n) is 7.49. The van der Waals surface area contributed by atoms with Crippen molar-refractivity contribution in [1.29, 1.82) is 0 Å². The van der Waals surface area contributed by atoms with Crippen LogP contribution >= 0.6 is 11.8 Å². The van der Waals surface area contributed by atoms with Gasteiger partial charge in [0.1, 0.15) is 5.75 Å². The monoisotopic (exact) mass is 308 g/mol. The molecule has 1 aliphatic carbocycles. The van der Waals surface area contributed by atoms with Crippen molar-refractivity contribution in [2.45, 2.75) is 49.1 Å². The summed E-state index contributed by atoms with van der Waals surface area (Å²) in [6.07, 6.45) is 4.62. The SMILES string of the molecule is COc1ccc(SCCC(=O)NC2CCC(N)CC2)cc1. The molecule has 1 aromatic rings. The summed E-state index contributed by atoms with van der Waals surface area (Å²) in [5, 5.41) is 3.12. The van der Waals surface area contributed by atoms with Crippen molar-refractivity contribution in [3.05, 3.63) is 24.3 Å². The van der Waals surface area contributed by atoms with E-state index >= 15 is 0 Å². The van der Waals surface area contributed by atoms with E-state index in [4.69, 9.17) is 10.5 Å². The third kappa shape index (κ3) is 5.59. The zero-order valence-electron chi connectivity index (χ0n) is 12.5. The second kappa shape index (κ2) is 8.29. The van der Waals surface area contributed by atoms with Gasteiger partial charge >= 0.3 is 0 Å². The smallest absolute Gasteiger partial charge is 0.221 e. The zero-order chi connectivity index (χ0) is 15.1. The summed E-state index contributed by atoms with van der Waals surface area (Å²) in [6.45, 7) is 0. The van der Waals surface area contributed by atoms with Crippen LogP contribution < -0.4 is 15.8 Å². The Balaban J connectivity index is 1.64. The molecule has 0 heterocycles. The van der Waals surface area contributed by atoms with Crippen LogP contribution in [-0.2, 0) is 4.79 Å².